The monoisotopic (exact) mass is 538 g/mol. The molecule has 37 heavy (non-hydrogen) atoms. The molecule has 2 atom stereocenters. The van der Waals surface area contributed by atoms with Crippen molar-refractivity contribution in [3.8, 4) is 11.3 Å². The third-order valence-electron chi connectivity index (χ3n) is 5.67. The number of hydrogen-bond acceptors (Lipinski definition) is 6. The third-order valence-corrected chi connectivity index (χ3v) is 6.36. The van der Waals surface area contributed by atoms with E-state index < -0.39 is 23.4 Å². The van der Waals surface area contributed by atoms with E-state index in [2.05, 4.69) is 5.10 Å². The molecule has 0 bridgehead atoms. The van der Waals surface area contributed by atoms with Gasteiger partial charge in [-0.3, -0.25) is 13.5 Å². The van der Waals surface area contributed by atoms with Crippen LogP contribution in [0, 0.1) is 6.92 Å². The zero-order chi connectivity index (χ0) is 26.5. The number of halogens is 1. The van der Waals surface area contributed by atoms with Crippen LogP contribution in [0.1, 0.15) is 38.7 Å². The predicted octanol–water partition coefficient (Wildman–Crippen LogP) is 4.95. The topological polar surface area (TPSA) is 108 Å². The molecule has 10 heteroatoms. The number of hydrogen-bond donors (Lipinski definition) is 1. The van der Waals surface area contributed by atoms with Crippen molar-refractivity contribution in [2.24, 2.45) is 0 Å². The Kier molecular flexibility index (Phi) is 8.30. The van der Waals surface area contributed by atoms with Crippen LogP contribution in [-0.4, -0.2) is 31.6 Å². The molecule has 2 unspecified atom stereocenters. The number of aromatic nitrogens is 2. The molecule has 0 amide bonds. The van der Waals surface area contributed by atoms with Gasteiger partial charge in [-0.1, -0.05) is 59.6 Å². The van der Waals surface area contributed by atoms with E-state index in [1.54, 1.807) is 48.5 Å². The average molecular weight is 539 g/mol. The van der Waals surface area contributed by atoms with Gasteiger partial charge in [0.25, 0.3) is 5.56 Å². The largest absolute Gasteiger partial charge is 0.465 e. The van der Waals surface area contributed by atoms with Gasteiger partial charge < -0.3 is 4.74 Å². The molecule has 1 N–H and O–H groups in total. The second-order valence-electron chi connectivity index (χ2n) is 8.25. The van der Waals surface area contributed by atoms with Gasteiger partial charge in [-0.25, -0.2) is 9.48 Å². The minimum absolute atomic E-state index is 0.118. The molecule has 190 valence electrons. The number of methoxy groups -OCH3 is 1. The number of rotatable bonds is 8. The molecule has 0 fully saturated rings. The van der Waals surface area contributed by atoms with E-state index in [-0.39, 0.29) is 12.1 Å². The second-order valence-corrected chi connectivity index (χ2v) is 9.28. The lowest BCUT2D eigenvalue weighted by atomic mass is 9.98. The van der Waals surface area contributed by atoms with Crippen molar-refractivity contribution >= 4 is 28.9 Å². The molecule has 0 radical (unpaired) electrons. The quantitative estimate of drug-likeness (QED) is 0.250. The molecule has 0 aliphatic rings. The zero-order valence-corrected chi connectivity index (χ0v) is 21.5. The minimum atomic E-state index is -2.52. The summed E-state index contributed by atoms with van der Waals surface area (Å²) in [5.41, 5.74) is 3.95. The van der Waals surface area contributed by atoms with Crippen LogP contribution >= 0.6 is 11.6 Å². The highest BCUT2D eigenvalue weighted by Gasteiger charge is 2.20. The fourth-order valence-electron chi connectivity index (χ4n) is 3.82. The van der Waals surface area contributed by atoms with Crippen LogP contribution in [0.5, 0.6) is 0 Å². The summed E-state index contributed by atoms with van der Waals surface area (Å²) in [6, 6.07) is 22.2. The van der Waals surface area contributed by atoms with Crippen LogP contribution in [0.25, 0.3) is 11.3 Å². The van der Waals surface area contributed by atoms with Gasteiger partial charge >= 0.3 is 17.3 Å². The molecule has 4 rings (SSSR count). The standard InChI is InChI=1S/C27H23ClN2O6S/c1-17-6-8-19(9-7-17)26(36-37(33)34)20-10-11-23(28)22(15-20)24-12-13-25(31)30(29-24)16-18-4-3-5-21(14-18)27(32)35-2/h3-15,26H,16H2,1-2H3,(H,33,34). The number of esters is 1. The molecular formula is C27H23ClN2O6S. The van der Waals surface area contributed by atoms with Crippen LogP contribution < -0.4 is 5.56 Å². The summed E-state index contributed by atoms with van der Waals surface area (Å²) in [5, 5.41) is 4.87. The highest BCUT2D eigenvalue weighted by molar-refractivity contribution is 7.74. The molecule has 1 aromatic heterocycles. The SMILES string of the molecule is COC(=O)c1cccc(Cn2nc(-c3cc(C(OS(=O)O)c4ccc(C)cc4)ccc3Cl)ccc2=O)c1. The van der Waals surface area contributed by atoms with Crippen LogP contribution in [0.4, 0.5) is 0 Å². The Morgan fingerprint density at radius 3 is 2.49 bits per heavy atom. The van der Waals surface area contributed by atoms with E-state index in [1.165, 1.54) is 17.9 Å². The van der Waals surface area contributed by atoms with Gasteiger partial charge in [0.1, 0.15) is 6.10 Å². The smallest absolute Gasteiger partial charge is 0.337 e. The van der Waals surface area contributed by atoms with Crippen molar-refractivity contribution in [3.05, 3.63) is 122 Å². The third kappa shape index (κ3) is 6.39. The van der Waals surface area contributed by atoms with Gasteiger partial charge in [0.2, 0.25) is 0 Å². The Balaban J connectivity index is 1.72. The Morgan fingerprint density at radius 2 is 1.78 bits per heavy atom. The summed E-state index contributed by atoms with van der Waals surface area (Å²) in [7, 11) is 1.30. The van der Waals surface area contributed by atoms with E-state index >= 15 is 0 Å². The highest BCUT2D eigenvalue weighted by Crippen LogP contribution is 2.33. The van der Waals surface area contributed by atoms with Crippen molar-refractivity contribution in [2.75, 3.05) is 7.11 Å². The Bertz CT molecular complexity index is 1520. The van der Waals surface area contributed by atoms with Crippen molar-refractivity contribution in [1.82, 2.24) is 9.78 Å². The van der Waals surface area contributed by atoms with Crippen molar-refractivity contribution in [2.45, 2.75) is 19.6 Å². The first kappa shape index (κ1) is 26.4. The Hall–Kier alpha value is -3.63. The highest BCUT2D eigenvalue weighted by atomic mass is 35.5. The summed E-state index contributed by atoms with van der Waals surface area (Å²) >= 11 is 3.98. The van der Waals surface area contributed by atoms with Crippen molar-refractivity contribution < 1.29 is 22.5 Å². The second kappa shape index (κ2) is 11.6. The Morgan fingerprint density at radius 1 is 1.05 bits per heavy atom. The first-order chi connectivity index (χ1) is 17.7. The van der Waals surface area contributed by atoms with Crippen LogP contribution in [-0.2, 0) is 26.8 Å². The number of ether oxygens (including phenoxy) is 1. The molecule has 0 spiro atoms. The summed E-state index contributed by atoms with van der Waals surface area (Å²) in [6.45, 7) is 2.06. The fraction of sp³-hybridized carbons (Fsp3) is 0.148. The van der Waals surface area contributed by atoms with Gasteiger partial charge in [-0.2, -0.15) is 9.31 Å². The molecule has 0 aliphatic carbocycles. The first-order valence-corrected chi connectivity index (χ1v) is 12.6. The lowest BCUT2D eigenvalue weighted by Crippen LogP contribution is -2.23. The summed E-state index contributed by atoms with van der Waals surface area (Å²) in [6.07, 6.45) is -0.839. The molecule has 1 heterocycles. The minimum Gasteiger partial charge on any atom is -0.465 e. The van der Waals surface area contributed by atoms with Gasteiger partial charge in [0.15, 0.2) is 0 Å². The summed E-state index contributed by atoms with van der Waals surface area (Å²) in [4.78, 5) is 24.4. The van der Waals surface area contributed by atoms with Gasteiger partial charge in [0.05, 0.1) is 29.9 Å². The molecule has 3 aromatic carbocycles. The average Bonchev–Trinajstić information content (AvgIpc) is 2.89. The molecule has 0 aliphatic heterocycles. The maximum absolute atomic E-state index is 12.6. The zero-order valence-electron chi connectivity index (χ0n) is 20.0. The normalized spacial score (nSPS) is 12.6. The van der Waals surface area contributed by atoms with E-state index in [9.17, 15) is 18.4 Å². The van der Waals surface area contributed by atoms with Crippen LogP contribution in [0.15, 0.2) is 83.7 Å². The molecular weight excluding hydrogens is 516 g/mol. The molecule has 4 aromatic rings. The lowest BCUT2D eigenvalue weighted by molar-refractivity contribution is 0.0600. The van der Waals surface area contributed by atoms with Crippen molar-refractivity contribution in [1.29, 1.82) is 0 Å². The summed E-state index contributed by atoms with van der Waals surface area (Å²) in [5.74, 6) is -0.478. The Labute approximate surface area is 220 Å². The van der Waals surface area contributed by atoms with E-state index in [1.807, 2.05) is 31.2 Å². The number of carbonyl (C=O) groups excluding carboxylic acids is 1. The number of benzene rings is 3. The maximum Gasteiger partial charge on any atom is 0.337 e. The van der Waals surface area contributed by atoms with Gasteiger partial charge in [-0.15, -0.1) is 0 Å². The maximum atomic E-state index is 12.6. The molecule has 0 saturated heterocycles. The predicted molar refractivity (Wildman–Crippen MR) is 141 cm³/mol. The first-order valence-electron chi connectivity index (χ1n) is 11.1. The molecule has 8 nitrogen and oxygen atoms in total. The molecule has 0 saturated carbocycles. The van der Waals surface area contributed by atoms with E-state index in [4.69, 9.17) is 20.5 Å². The number of aryl methyl sites for hydroxylation is 1. The lowest BCUT2D eigenvalue weighted by Gasteiger charge is -2.18. The number of carbonyl (C=O) groups is 1. The summed E-state index contributed by atoms with van der Waals surface area (Å²) < 4.78 is 32.4. The van der Waals surface area contributed by atoms with Gasteiger partial charge in [-0.05, 0) is 53.9 Å². The fourth-order valence-corrected chi connectivity index (χ4v) is 4.42. The van der Waals surface area contributed by atoms with Crippen molar-refractivity contribution in [3.63, 3.8) is 0 Å². The van der Waals surface area contributed by atoms with Crippen LogP contribution in [0.3, 0.4) is 0 Å². The van der Waals surface area contributed by atoms with Crippen LogP contribution in [0.2, 0.25) is 5.02 Å². The van der Waals surface area contributed by atoms with E-state index in [0.29, 0.717) is 38.5 Å². The number of nitrogens with zero attached hydrogens (tertiary/aromatic N) is 2. The van der Waals surface area contributed by atoms with E-state index in [0.717, 1.165) is 5.56 Å². The van der Waals surface area contributed by atoms with Gasteiger partial charge in [0, 0.05) is 11.6 Å².